The van der Waals surface area contributed by atoms with Gasteiger partial charge in [0.25, 0.3) is 0 Å². The lowest BCUT2D eigenvalue weighted by atomic mass is 9.87. The topological polar surface area (TPSA) is 72.3 Å². The monoisotopic (exact) mass is 286 g/mol. The quantitative estimate of drug-likeness (QED) is 0.935. The van der Waals surface area contributed by atoms with Crippen LogP contribution in [0, 0.1) is 0 Å². The minimum absolute atomic E-state index is 0.0632. The van der Waals surface area contributed by atoms with Gasteiger partial charge in [0.15, 0.2) is 5.82 Å². The fourth-order valence-electron chi connectivity index (χ4n) is 1.74. The molecule has 1 aromatic heterocycles. The lowest BCUT2D eigenvalue weighted by Gasteiger charge is -2.19. The van der Waals surface area contributed by atoms with E-state index < -0.39 is 5.97 Å². The Kier molecular flexibility index (Phi) is 4.21. The van der Waals surface area contributed by atoms with Crippen LogP contribution in [-0.4, -0.2) is 21.0 Å². The van der Waals surface area contributed by atoms with Gasteiger partial charge in [-0.1, -0.05) is 32.9 Å². The van der Waals surface area contributed by atoms with Crippen molar-refractivity contribution >= 4 is 5.97 Å². The summed E-state index contributed by atoms with van der Waals surface area (Å²) in [5, 5.41) is 8.76. The minimum Gasteiger partial charge on any atom is -0.486 e. The van der Waals surface area contributed by atoms with Gasteiger partial charge in [-0.3, -0.25) is 0 Å². The van der Waals surface area contributed by atoms with E-state index in [-0.39, 0.29) is 17.6 Å². The maximum atomic E-state index is 10.7. The van der Waals surface area contributed by atoms with Gasteiger partial charge in [-0.25, -0.2) is 14.8 Å². The van der Waals surface area contributed by atoms with Crippen molar-refractivity contribution in [3.05, 3.63) is 53.6 Å². The van der Waals surface area contributed by atoms with Crippen molar-refractivity contribution in [1.29, 1.82) is 0 Å². The van der Waals surface area contributed by atoms with Gasteiger partial charge in [0.2, 0.25) is 0 Å². The first-order chi connectivity index (χ1) is 9.86. The summed E-state index contributed by atoms with van der Waals surface area (Å²) < 4.78 is 5.59. The molecule has 0 amide bonds. The average Bonchev–Trinajstić information content (AvgIpc) is 2.45. The van der Waals surface area contributed by atoms with Gasteiger partial charge in [-0.15, -0.1) is 0 Å². The predicted molar refractivity (Wildman–Crippen MR) is 78.5 cm³/mol. The van der Waals surface area contributed by atoms with Crippen LogP contribution < -0.4 is 4.74 Å². The molecule has 21 heavy (non-hydrogen) atoms. The highest BCUT2D eigenvalue weighted by atomic mass is 16.5. The molecule has 2 rings (SSSR count). The van der Waals surface area contributed by atoms with Gasteiger partial charge in [0.05, 0.1) is 5.56 Å². The van der Waals surface area contributed by atoms with E-state index in [4.69, 9.17) is 9.84 Å². The van der Waals surface area contributed by atoms with Gasteiger partial charge in [0, 0.05) is 12.4 Å². The molecular formula is C16H18N2O3. The number of hydrogen-bond donors (Lipinski definition) is 1. The first kappa shape index (κ1) is 15.0. The highest BCUT2D eigenvalue weighted by Gasteiger charge is 2.13. The molecule has 0 fully saturated rings. The number of carboxylic acid groups (broad SMARTS) is 1. The van der Waals surface area contributed by atoms with Crippen LogP contribution in [0.25, 0.3) is 0 Å². The van der Waals surface area contributed by atoms with Crippen molar-refractivity contribution in [2.24, 2.45) is 0 Å². The van der Waals surface area contributed by atoms with Crippen LogP contribution in [0.2, 0.25) is 0 Å². The van der Waals surface area contributed by atoms with Crippen molar-refractivity contribution in [2.45, 2.75) is 32.8 Å². The normalized spacial score (nSPS) is 11.2. The molecule has 0 unspecified atom stereocenters. The number of ether oxygens (including phenoxy) is 1. The summed E-state index contributed by atoms with van der Waals surface area (Å²) in [6.07, 6.45) is 2.55. The second-order valence-corrected chi connectivity index (χ2v) is 5.76. The SMILES string of the molecule is CC(C)(C)c1ccc(OCc2ncc(C(=O)O)cn2)cc1. The molecule has 0 aliphatic carbocycles. The van der Waals surface area contributed by atoms with Crippen LogP contribution in [0.1, 0.15) is 42.5 Å². The Labute approximate surface area is 123 Å². The molecule has 1 N–H and O–H groups in total. The van der Waals surface area contributed by atoms with Crippen LogP contribution >= 0.6 is 0 Å². The molecule has 0 saturated heterocycles. The maximum absolute atomic E-state index is 10.7. The van der Waals surface area contributed by atoms with Gasteiger partial charge < -0.3 is 9.84 Å². The molecule has 0 atom stereocenters. The Morgan fingerprint density at radius 1 is 1.14 bits per heavy atom. The molecule has 0 spiro atoms. The summed E-state index contributed by atoms with van der Waals surface area (Å²) in [5.74, 6) is 0.133. The van der Waals surface area contributed by atoms with E-state index in [2.05, 4.69) is 30.7 Å². The highest BCUT2D eigenvalue weighted by molar-refractivity contribution is 5.86. The third-order valence-corrected chi connectivity index (χ3v) is 3.04. The summed E-state index contributed by atoms with van der Waals surface area (Å²) in [6.45, 7) is 6.66. The molecule has 1 aromatic carbocycles. The molecule has 0 bridgehead atoms. The van der Waals surface area contributed by atoms with Crippen molar-refractivity contribution < 1.29 is 14.6 Å². The second kappa shape index (κ2) is 5.91. The fourth-order valence-corrected chi connectivity index (χ4v) is 1.74. The Balaban J connectivity index is 1.98. The van der Waals surface area contributed by atoms with Crippen LogP contribution in [0.4, 0.5) is 0 Å². The number of aromatic carboxylic acids is 1. The summed E-state index contributed by atoms with van der Waals surface area (Å²) in [5.41, 5.74) is 1.40. The number of benzene rings is 1. The number of carboxylic acids is 1. The van der Waals surface area contributed by atoms with E-state index in [1.807, 2.05) is 24.3 Å². The van der Waals surface area contributed by atoms with E-state index in [1.165, 1.54) is 18.0 Å². The van der Waals surface area contributed by atoms with Crippen LogP contribution in [-0.2, 0) is 12.0 Å². The molecular weight excluding hydrogens is 268 g/mol. The third kappa shape index (κ3) is 4.02. The molecule has 0 aliphatic rings. The van der Waals surface area contributed by atoms with Crippen molar-refractivity contribution in [3.63, 3.8) is 0 Å². The van der Waals surface area contributed by atoms with E-state index >= 15 is 0 Å². The first-order valence-corrected chi connectivity index (χ1v) is 6.64. The molecule has 0 saturated carbocycles. The standard InChI is InChI=1S/C16H18N2O3/c1-16(2,3)12-4-6-13(7-5-12)21-10-14-17-8-11(9-18-14)15(19)20/h4-9H,10H2,1-3H3,(H,19,20). The van der Waals surface area contributed by atoms with Gasteiger partial charge >= 0.3 is 5.97 Å². The lowest BCUT2D eigenvalue weighted by molar-refractivity contribution is 0.0695. The predicted octanol–water partition coefficient (Wildman–Crippen LogP) is 3.05. The summed E-state index contributed by atoms with van der Waals surface area (Å²) >= 11 is 0. The van der Waals surface area contributed by atoms with Crippen molar-refractivity contribution in [3.8, 4) is 5.75 Å². The maximum Gasteiger partial charge on any atom is 0.338 e. The largest absolute Gasteiger partial charge is 0.486 e. The van der Waals surface area contributed by atoms with Crippen molar-refractivity contribution in [1.82, 2.24) is 9.97 Å². The number of aromatic nitrogens is 2. The summed E-state index contributed by atoms with van der Waals surface area (Å²) in [4.78, 5) is 18.6. The highest BCUT2D eigenvalue weighted by Crippen LogP contribution is 2.24. The van der Waals surface area contributed by atoms with Crippen LogP contribution in [0.5, 0.6) is 5.75 Å². The van der Waals surface area contributed by atoms with E-state index in [1.54, 1.807) is 0 Å². The summed E-state index contributed by atoms with van der Waals surface area (Å²) in [6, 6.07) is 7.88. The third-order valence-electron chi connectivity index (χ3n) is 3.04. The Morgan fingerprint density at radius 3 is 2.19 bits per heavy atom. The zero-order valence-corrected chi connectivity index (χ0v) is 12.3. The molecule has 0 radical (unpaired) electrons. The average molecular weight is 286 g/mol. The number of carbonyl (C=O) groups is 1. The number of rotatable bonds is 4. The van der Waals surface area contributed by atoms with E-state index in [0.717, 1.165) is 5.75 Å². The zero-order valence-electron chi connectivity index (χ0n) is 12.3. The molecule has 5 nitrogen and oxygen atoms in total. The number of hydrogen-bond acceptors (Lipinski definition) is 4. The molecule has 2 aromatic rings. The van der Waals surface area contributed by atoms with Crippen LogP contribution in [0.3, 0.4) is 0 Å². The smallest absolute Gasteiger partial charge is 0.338 e. The lowest BCUT2D eigenvalue weighted by Crippen LogP contribution is -2.10. The van der Waals surface area contributed by atoms with Crippen molar-refractivity contribution in [2.75, 3.05) is 0 Å². The first-order valence-electron chi connectivity index (χ1n) is 6.64. The second-order valence-electron chi connectivity index (χ2n) is 5.76. The van der Waals surface area contributed by atoms with E-state index in [9.17, 15) is 4.79 Å². The Hall–Kier alpha value is -2.43. The van der Waals surface area contributed by atoms with Gasteiger partial charge in [-0.05, 0) is 23.1 Å². The van der Waals surface area contributed by atoms with Crippen LogP contribution in [0.15, 0.2) is 36.7 Å². The summed E-state index contributed by atoms with van der Waals surface area (Å²) in [7, 11) is 0. The molecule has 1 heterocycles. The van der Waals surface area contributed by atoms with E-state index in [0.29, 0.717) is 5.82 Å². The minimum atomic E-state index is -1.04. The Morgan fingerprint density at radius 2 is 1.71 bits per heavy atom. The van der Waals surface area contributed by atoms with Gasteiger partial charge in [-0.2, -0.15) is 0 Å². The zero-order chi connectivity index (χ0) is 15.5. The fraction of sp³-hybridized carbons (Fsp3) is 0.312. The van der Waals surface area contributed by atoms with Gasteiger partial charge in [0.1, 0.15) is 12.4 Å². The molecule has 0 aliphatic heterocycles. The Bertz CT molecular complexity index is 613. The number of nitrogens with zero attached hydrogens (tertiary/aromatic N) is 2. The molecule has 110 valence electrons. The molecule has 5 heteroatoms.